The van der Waals surface area contributed by atoms with Crippen molar-refractivity contribution in [3.63, 3.8) is 0 Å². The van der Waals surface area contributed by atoms with Crippen molar-refractivity contribution >= 4 is 17.8 Å². The van der Waals surface area contributed by atoms with Crippen molar-refractivity contribution in [2.24, 2.45) is 10.2 Å². The molecular weight excluding hydrogens is 240 g/mol. The molecule has 0 fully saturated rings. The lowest BCUT2D eigenvalue weighted by Crippen LogP contribution is -2.46. The van der Waals surface area contributed by atoms with Crippen LogP contribution in [0, 0.1) is 5.41 Å². The van der Waals surface area contributed by atoms with Gasteiger partial charge in [-0.15, -0.1) is 0 Å². The quantitative estimate of drug-likeness (QED) is 0.672. The first-order valence-corrected chi connectivity index (χ1v) is 5.44. The summed E-state index contributed by atoms with van der Waals surface area (Å²) >= 11 is 0. The standard InChI is InChI=1S/C10H16N4O4/c1-10(2)9(11)14(4-3-7(15)16)5-6(8(17)18)12-13-10/h6,11H,3-5H2,1-2H3,(H,15,16)(H,17,18). The van der Waals surface area contributed by atoms with Crippen LogP contribution in [-0.4, -0.2) is 57.6 Å². The number of aliphatic carboxylic acids is 2. The van der Waals surface area contributed by atoms with Gasteiger partial charge in [0.15, 0.2) is 6.04 Å². The topological polar surface area (TPSA) is 126 Å². The van der Waals surface area contributed by atoms with E-state index in [0.717, 1.165) is 0 Å². The van der Waals surface area contributed by atoms with E-state index in [9.17, 15) is 9.59 Å². The summed E-state index contributed by atoms with van der Waals surface area (Å²) < 4.78 is 0. The Balaban J connectivity index is 2.90. The maximum absolute atomic E-state index is 10.9. The van der Waals surface area contributed by atoms with Gasteiger partial charge in [0.05, 0.1) is 13.0 Å². The molecule has 0 bridgehead atoms. The number of hydrogen-bond donors (Lipinski definition) is 3. The largest absolute Gasteiger partial charge is 0.481 e. The van der Waals surface area contributed by atoms with E-state index in [0.29, 0.717) is 0 Å². The highest BCUT2D eigenvalue weighted by atomic mass is 16.4. The first kappa shape index (κ1) is 14.1. The van der Waals surface area contributed by atoms with Crippen molar-refractivity contribution in [3.8, 4) is 0 Å². The van der Waals surface area contributed by atoms with Crippen molar-refractivity contribution < 1.29 is 19.8 Å². The van der Waals surface area contributed by atoms with Crippen LogP contribution in [0.2, 0.25) is 0 Å². The number of carbonyl (C=O) groups is 2. The predicted octanol–water partition coefficient (Wildman–Crippen LogP) is 0.438. The summed E-state index contributed by atoms with van der Waals surface area (Å²) in [5, 5.41) is 33.1. The Morgan fingerprint density at radius 1 is 1.50 bits per heavy atom. The molecule has 8 nitrogen and oxygen atoms in total. The molecule has 3 N–H and O–H groups in total. The molecule has 8 heteroatoms. The van der Waals surface area contributed by atoms with Crippen LogP contribution in [0.4, 0.5) is 0 Å². The average molecular weight is 256 g/mol. The number of nitrogens with one attached hydrogen (secondary N) is 1. The normalized spacial score (nSPS) is 22.7. The van der Waals surface area contributed by atoms with E-state index >= 15 is 0 Å². The predicted molar refractivity (Wildman–Crippen MR) is 61.9 cm³/mol. The van der Waals surface area contributed by atoms with E-state index in [1.807, 2.05) is 0 Å². The van der Waals surface area contributed by atoms with E-state index in [2.05, 4.69) is 10.2 Å². The SMILES string of the molecule is CC1(C)N=NC(C(=O)O)CN(CCC(=O)O)C1=N. The smallest absolute Gasteiger partial charge is 0.332 e. The van der Waals surface area contributed by atoms with Gasteiger partial charge in [0.2, 0.25) is 0 Å². The Labute approximate surface area is 104 Å². The second kappa shape index (κ2) is 5.11. The maximum Gasteiger partial charge on any atom is 0.332 e. The Kier molecular flexibility index (Phi) is 4.00. The van der Waals surface area contributed by atoms with Crippen molar-refractivity contribution in [1.82, 2.24) is 4.90 Å². The van der Waals surface area contributed by atoms with Crippen LogP contribution < -0.4 is 0 Å². The van der Waals surface area contributed by atoms with Gasteiger partial charge in [-0.05, 0) is 13.8 Å². The molecular formula is C10H16N4O4. The van der Waals surface area contributed by atoms with Crippen LogP contribution in [0.25, 0.3) is 0 Å². The van der Waals surface area contributed by atoms with Gasteiger partial charge < -0.3 is 15.1 Å². The fourth-order valence-electron chi connectivity index (χ4n) is 1.55. The summed E-state index contributed by atoms with van der Waals surface area (Å²) in [6, 6.07) is -1.07. The van der Waals surface area contributed by atoms with Gasteiger partial charge in [-0.2, -0.15) is 10.2 Å². The molecule has 0 aromatic heterocycles. The second-order valence-corrected chi connectivity index (χ2v) is 4.57. The molecule has 0 saturated heterocycles. The third-order valence-corrected chi connectivity index (χ3v) is 2.62. The lowest BCUT2D eigenvalue weighted by atomic mass is 10.0. The molecule has 0 radical (unpaired) electrons. The molecule has 0 saturated carbocycles. The Bertz CT molecular complexity index is 405. The third kappa shape index (κ3) is 3.25. The molecule has 1 atom stereocenters. The van der Waals surface area contributed by atoms with E-state index in [1.54, 1.807) is 13.8 Å². The molecule has 0 spiro atoms. The monoisotopic (exact) mass is 256 g/mol. The van der Waals surface area contributed by atoms with Crippen LogP contribution in [0.5, 0.6) is 0 Å². The first-order chi connectivity index (χ1) is 8.24. The third-order valence-electron chi connectivity index (χ3n) is 2.62. The molecule has 1 aliphatic heterocycles. The number of rotatable bonds is 4. The molecule has 1 unspecified atom stereocenters. The lowest BCUT2D eigenvalue weighted by molar-refractivity contribution is -0.138. The molecule has 0 aromatic rings. The highest BCUT2D eigenvalue weighted by Gasteiger charge is 2.35. The summed E-state index contributed by atoms with van der Waals surface area (Å²) in [6.45, 7) is 3.31. The molecule has 0 aliphatic carbocycles. The highest BCUT2D eigenvalue weighted by molar-refractivity contribution is 5.89. The molecule has 1 heterocycles. The van der Waals surface area contributed by atoms with E-state index in [4.69, 9.17) is 15.6 Å². The summed E-state index contributed by atoms with van der Waals surface area (Å²) in [6.07, 6.45) is -0.162. The number of carboxylic acids is 2. The van der Waals surface area contributed by atoms with Gasteiger partial charge in [0.25, 0.3) is 0 Å². The van der Waals surface area contributed by atoms with Gasteiger partial charge in [-0.3, -0.25) is 10.2 Å². The maximum atomic E-state index is 10.9. The minimum Gasteiger partial charge on any atom is -0.481 e. The molecule has 0 amide bonds. The molecule has 18 heavy (non-hydrogen) atoms. The van der Waals surface area contributed by atoms with Gasteiger partial charge in [0.1, 0.15) is 11.4 Å². The zero-order valence-corrected chi connectivity index (χ0v) is 10.3. The van der Waals surface area contributed by atoms with Gasteiger partial charge >= 0.3 is 11.9 Å². The lowest BCUT2D eigenvalue weighted by Gasteiger charge is -2.29. The minimum absolute atomic E-state index is 0.0334. The van der Waals surface area contributed by atoms with Crippen molar-refractivity contribution in [2.75, 3.05) is 13.1 Å². The zero-order valence-electron chi connectivity index (χ0n) is 10.3. The highest BCUT2D eigenvalue weighted by Crippen LogP contribution is 2.20. The summed E-state index contributed by atoms with van der Waals surface area (Å²) in [5.41, 5.74) is -0.942. The van der Waals surface area contributed by atoms with E-state index in [-0.39, 0.29) is 25.3 Å². The van der Waals surface area contributed by atoms with Gasteiger partial charge in [-0.1, -0.05) is 0 Å². The summed E-state index contributed by atoms with van der Waals surface area (Å²) in [5.74, 6) is -2.05. The van der Waals surface area contributed by atoms with Crippen molar-refractivity contribution in [1.29, 1.82) is 5.41 Å². The van der Waals surface area contributed by atoms with E-state index in [1.165, 1.54) is 4.90 Å². The van der Waals surface area contributed by atoms with Crippen molar-refractivity contribution in [3.05, 3.63) is 0 Å². The van der Waals surface area contributed by atoms with E-state index < -0.39 is 23.5 Å². The van der Waals surface area contributed by atoms with Crippen LogP contribution in [0.15, 0.2) is 10.2 Å². The summed E-state index contributed by atoms with van der Waals surface area (Å²) in [4.78, 5) is 22.9. The molecule has 100 valence electrons. The number of carboxylic acid groups (broad SMARTS) is 2. The summed E-state index contributed by atoms with van der Waals surface area (Å²) in [7, 11) is 0. The number of amidine groups is 1. The average Bonchev–Trinajstić information content (AvgIpc) is 2.36. The van der Waals surface area contributed by atoms with Crippen molar-refractivity contribution in [2.45, 2.75) is 31.8 Å². The minimum atomic E-state index is -1.13. The zero-order chi connectivity index (χ0) is 13.9. The molecule has 0 aromatic carbocycles. The van der Waals surface area contributed by atoms with Gasteiger partial charge in [-0.25, -0.2) is 4.79 Å². The molecule has 1 rings (SSSR count). The Hall–Kier alpha value is -1.99. The van der Waals surface area contributed by atoms with Crippen LogP contribution in [-0.2, 0) is 9.59 Å². The van der Waals surface area contributed by atoms with Gasteiger partial charge in [0, 0.05) is 6.54 Å². The fraction of sp³-hybridized carbons (Fsp3) is 0.700. The Morgan fingerprint density at radius 2 is 2.11 bits per heavy atom. The Morgan fingerprint density at radius 3 is 2.61 bits per heavy atom. The number of azo groups is 1. The fourth-order valence-corrected chi connectivity index (χ4v) is 1.55. The van der Waals surface area contributed by atoms with Crippen LogP contribution >= 0.6 is 0 Å². The van der Waals surface area contributed by atoms with Crippen LogP contribution in [0.3, 0.4) is 0 Å². The second-order valence-electron chi connectivity index (χ2n) is 4.57. The van der Waals surface area contributed by atoms with Crippen LogP contribution in [0.1, 0.15) is 20.3 Å². The first-order valence-electron chi connectivity index (χ1n) is 5.44. The number of hydrogen-bond acceptors (Lipinski definition) is 5. The number of nitrogens with zero attached hydrogens (tertiary/aromatic N) is 3. The molecule has 1 aliphatic rings.